The molecule has 0 saturated carbocycles. The first-order chi connectivity index (χ1) is 11.5. The molecule has 0 aliphatic rings. The topological polar surface area (TPSA) is 75.4 Å². The zero-order chi connectivity index (χ0) is 17.5. The summed E-state index contributed by atoms with van der Waals surface area (Å²) in [6.07, 6.45) is 0.490. The molecule has 0 bridgehead atoms. The number of hydrogen-bond donors (Lipinski definition) is 1. The van der Waals surface area contributed by atoms with Crippen LogP contribution in [0, 0.1) is 13.8 Å². The second kappa shape index (κ2) is 8.29. The Morgan fingerprint density at radius 2 is 1.92 bits per heavy atom. The monoisotopic (exact) mass is 329 g/mol. The molecule has 0 aliphatic carbocycles. The molecule has 1 aromatic carbocycles. The second-order valence-electron chi connectivity index (χ2n) is 5.88. The van der Waals surface area contributed by atoms with E-state index in [1.54, 1.807) is 9.58 Å². The standard InChI is InChI=1S/C18H23N3O3/c1-14-11-15(2)21(19-14)13-17(22)20(10-6-9-18(23)24)12-16-7-4-3-5-8-16/h3-5,7-8,11H,6,9-10,12-13H2,1-2H3,(H,23,24). The second-order valence-corrected chi connectivity index (χ2v) is 5.88. The van der Waals surface area contributed by atoms with Crippen molar-refractivity contribution < 1.29 is 14.7 Å². The van der Waals surface area contributed by atoms with Gasteiger partial charge in [-0.05, 0) is 31.9 Å². The van der Waals surface area contributed by atoms with E-state index in [0.717, 1.165) is 17.0 Å². The highest BCUT2D eigenvalue weighted by molar-refractivity contribution is 5.76. The van der Waals surface area contributed by atoms with Crippen LogP contribution in [-0.4, -0.2) is 38.2 Å². The molecule has 1 aromatic heterocycles. The van der Waals surface area contributed by atoms with Crippen molar-refractivity contribution in [3.8, 4) is 0 Å². The number of aliphatic carboxylic acids is 1. The number of carbonyl (C=O) groups is 2. The Morgan fingerprint density at radius 3 is 2.50 bits per heavy atom. The van der Waals surface area contributed by atoms with Crippen LogP contribution < -0.4 is 0 Å². The lowest BCUT2D eigenvalue weighted by atomic mass is 10.2. The van der Waals surface area contributed by atoms with Crippen molar-refractivity contribution in [2.24, 2.45) is 0 Å². The molecule has 2 aromatic rings. The minimum absolute atomic E-state index is 0.0540. The predicted octanol–water partition coefficient (Wildman–Crippen LogP) is 2.39. The van der Waals surface area contributed by atoms with E-state index in [4.69, 9.17) is 5.11 Å². The molecule has 24 heavy (non-hydrogen) atoms. The highest BCUT2D eigenvalue weighted by Gasteiger charge is 2.16. The van der Waals surface area contributed by atoms with E-state index in [-0.39, 0.29) is 18.9 Å². The third-order valence-electron chi connectivity index (χ3n) is 3.78. The molecule has 6 heteroatoms. The van der Waals surface area contributed by atoms with Gasteiger partial charge in [0.05, 0.1) is 5.69 Å². The van der Waals surface area contributed by atoms with Gasteiger partial charge in [0, 0.05) is 25.2 Å². The van der Waals surface area contributed by atoms with Gasteiger partial charge < -0.3 is 10.0 Å². The van der Waals surface area contributed by atoms with Crippen molar-refractivity contribution in [2.45, 2.75) is 39.8 Å². The number of aromatic nitrogens is 2. The van der Waals surface area contributed by atoms with Gasteiger partial charge >= 0.3 is 5.97 Å². The summed E-state index contributed by atoms with van der Waals surface area (Å²) in [4.78, 5) is 25.1. The maximum absolute atomic E-state index is 12.7. The number of nitrogens with zero attached hydrogens (tertiary/aromatic N) is 3. The Morgan fingerprint density at radius 1 is 1.21 bits per heavy atom. The van der Waals surface area contributed by atoms with E-state index in [1.165, 1.54) is 0 Å². The van der Waals surface area contributed by atoms with Crippen molar-refractivity contribution in [3.63, 3.8) is 0 Å². The average molecular weight is 329 g/mol. The van der Waals surface area contributed by atoms with Gasteiger partial charge in [-0.1, -0.05) is 30.3 Å². The third-order valence-corrected chi connectivity index (χ3v) is 3.78. The zero-order valence-electron chi connectivity index (χ0n) is 14.1. The van der Waals surface area contributed by atoms with Crippen LogP contribution in [0.2, 0.25) is 0 Å². The van der Waals surface area contributed by atoms with Crippen LogP contribution in [0.1, 0.15) is 29.8 Å². The lowest BCUT2D eigenvalue weighted by molar-refractivity contribution is -0.138. The molecule has 0 fully saturated rings. The van der Waals surface area contributed by atoms with Gasteiger partial charge in [-0.3, -0.25) is 14.3 Å². The molecule has 0 unspecified atom stereocenters. The summed E-state index contributed by atoms with van der Waals surface area (Å²) in [5, 5.41) is 13.1. The minimum Gasteiger partial charge on any atom is -0.481 e. The van der Waals surface area contributed by atoms with E-state index in [0.29, 0.717) is 19.5 Å². The van der Waals surface area contributed by atoms with Gasteiger partial charge in [-0.25, -0.2) is 0 Å². The summed E-state index contributed by atoms with van der Waals surface area (Å²) in [6.45, 7) is 4.86. The van der Waals surface area contributed by atoms with E-state index in [9.17, 15) is 9.59 Å². The number of carboxylic acid groups (broad SMARTS) is 1. The van der Waals surface area contributed by atoms with Gasteiger partial charge in [-0.2, -0.15) is 5.10 Å². The molecule has 1 amide bonds. The highest BCUT2D eigenvalue weighted by Crippen LogP contribution is 2.09. The summed E-state index contributed by atoms with van der Waals surface area (Å²) in [6, 6.07) is 11.6. The highest BCUT2D eigenvalue weighted by atomic mass is 16.4. The van der Waals surface area contributed by atoms with Gasteiger partial charge in [0.1, 0.15) is 6.54 Å². The zero-order valence-corrected chi connectivity index (χ0v) is 14.1. The van der Waals surface area contributed by atoms with Crippen molar-refractivity contribution in [3.05, 3.63) is 53.3 Å². The Labute approximate surface area is 141 Å². The molecule has 2 rings (SSSR count). The number of carbonyl (C=O) groups excluding carboxylic acids is 1. The lowest BCUT2D eigenvalue weighted by Gasteiger charge is -2.23. The van der Waals surface area contributed by atoms with Crippen LogP contribution in [0.3, 0.4) is 0 Å². The maximum Gasteiger partial charge on any atom is 0.303 e. The minimum atomic E-state index is -0.847. The first-order valence-electron chi connectivity index (χ1n) is 8.00. The fraction of sp³-hybridized carbons (Fsp3) is 0.389. The lowest BCUT2D eigenvalue weighted by Crippen LogP contribution is -2.35. The summed E-state index contributed by atoms with van der Waals surface area (Å²) in [5.41, 5.74) is 2.83. The molecule has 1 heterocycles. The van der Waals surface area contributed by atoms with Gasteiger partial charge in [0.15, 0.2) is 0 Å². The van der Waals surface area contributed by atoms with Crippen LogP contribution in [0.5, 0.6) is 0 Å². The Kier molecular flexibility index (Phi) is 6.12. The fourth-order valence-electron chi connectivity index (χ4n) is 2.58. The summed E-state index contributed by atoms with van der Waals surface area (Å²) < 4.78 is 1.69. The van der Waals surface area contributed by atoms with E-state index >= 15 is 0 Å². The maximum atomic E-state index is 12.7. The molecule has 0 saturated heterocycles. The number of benzene rings is 1. The summed E-state index contributed by atoms with van der Waals surface area (Å²) in [7, 11) is 0. The van der Waals surface area contributed by atoms with Crippen LogP contribution in [0.25, 0.3) is 0 Å². The molecule has 0 aliphatic heterocycles. The van der Waals surface area contributed by atoms with Crippen LogP contribution >= 0.6 is 0 Å². The van der Waals surface area contributed by atoms with Gasteiger partial charge in [-0.15, -0.1) is 0 Å². The van der Waals surface area contributed by atoms with Crippen molar-refractivity contribution in [2.75, 3.05) is 6.54 Å². The predicted molar refractivity (Wildman–Crippen MR) is 90.4 cm³/mol. The Hall–Kier alpha value is -2.63. The van der Waals surface area contributed by atoms with Gasteiger partial charge in [0.2, 0.25) is 5.91 Å². The first kappa shape index (κ1) is 17.7. The number of hydrogen-bond acceptors (Lipinski definition) is 3. The third kappa shape index (κ3) is 5.22. The number of rotatable bonds is 8. The molecular weight excluding hydrogens is 306 g/mol. The Balaban J connectivity index is 2.06. The van der Waals surface area contributed by atoms with Crippen LogP contribution in [0.4, 0.5) is 0 Å². The van der Waals surface area contributed by atoms with E-state index in [2.05, 4.69) is 5.10 Å². The molecule has 0 spiro atoms. The largest absolute Gasteiger partial charge is 0.481 e. The average Bonchev–Trinajstić information content (AvgIpc) is 2.84. The SMILES string of the molecule is Cc1cc(C)n(CC(=O)N(CCCC(=O)O)Cc2ccccc2)n1. The normalized spacial score (nSPS) is 10.6. The molecule has 128 valence electrons. The fourth-order valence-corrected chi connectivity index (χ4v) is 2.58. The number of aryl methyl sites for hydroxylation is 2. The molecule has 6 nitrogen and oxygen atoms in total. The molecule has 0 radical (unpaired) electrons. The van der Waals surface area contributed by atoms with E-state index in [1.807, 2.05) is 50.2 Å². The number of amides is 1. The molecular formula is C18H23N3O3. The van der Waals surface area contributed by atoms with Gasteiger partial charge in [0.25, 0.3) is 0 Å². The number of carboxylic acids is 1. The summed E-state index contributed by atoms with van der Waals surface area (Å²) >= 11 is 0. The summed E-state index contributed by atoms with van der Waals surface area (Å²) in [5.74, 6) is -0.906. The molecule has 1 N–H and O–H groups in total. The first-order valence-corrected chi connectivity index (χ1v) is 8.00. The van der Waals surface area contributed by atoms with Crippen molar-refractivity contribution in [1.82, 2.24) is 14.7 Å². The quantitative estimate of drug-likeness (QED) is 0.807. The van der Waals surface area contributed by atoms with E-state index < -0.39 is 5.97 Å². The smallest absolute Gasteiger partial charge is 0.303 e. The van der Waals surface area contributed by atoms with Crippen molar-refractivity contribution in [1.29, 1.82) is 0 Å². The van der Waals surface area contributed by atoms with Crippen LogP contribution in [-0.2, 0) is 22.7 Å². The van der Waals surface area contributed by atoms with Crippen molar-refractivity contribution >= 4 is 11.9 Å². The van der Waals surface area contributed by atoms with Crippen LogP contribution in [0.15, 0.2) is 36.4 Å². The molecule has 0 atom stereocenters. The Bertz CT molecular complexity index is 695.